The predicted octanol–water partition coefficient (Wildman–Crippen LogP) is 3.46. The lowest BCUT2D eigenvalue weighted by molar-refractivity contribution is 0.606. The second-order valence-electron chi connectivity index (χ2n) is 4.51. The molecule has 21 heavy (non-hydrogen) atoms. The Kier molecular flexibility index (Phi) is 4.69. The molecule has 7 heteroatoms. The molecule has 2 aromatic rings. The molecule has 0 saturated carbocycles. The number of nitrogens with one attached hydrogen (secondary N) is 2. The van der Waals surface area contributed by atoms with Crippen LogP contribution in [-0.4, -0.2) is 14.7 Å². The van der Waals surface area contributed by atoms with Gasteiger partial charge < -0.3 is 5.32 Å². The largest absolute Gasteiger partial charge is 0.381 e. The highest BCUT2D eigenvalue weighted by molar-refractivity contribution is 7.92. The molecule has 0 aromatic heterocycles. The number of sulfonamides is 1. The number of hydrogen-bond acceptors (Lipinski definition) is 3. The Bertz CT molecular complexity index is 750. The maximum Gasteiger partial charge on any atom is 0.229 e. The summed E-state index contributed by atoms with van der Waals surface area (Å²) in [7, 11) is -3.38. The van der Waals surface area contributed by atoms with Crippen molar-refractivity contribution in [2.45, 2.75) is 6.54 Å². The van der Waals surface area contributed by atoms with Gasteiger partial charge in [0.05, 0.1) is 17.0 Å². The van der Waals surface area contributed by atoms with Crippen LogP contribution in [-0.2, 0) is 16.6 Å². The average Bonchev–Trinajstić information content (AvgIpc) is 2.39. The summed E-state index contributed by atoms with van der Waals surface area (Å²) in [5.41, 5.74) is 1.50. The molecule has 0 saturated heterocycles. The lowest BCUT2D eigenvalue weighted by Gasteiger charge is -2.11. The van der Waals surface area contributed by atoms with Gasteiger partial charge in [-0.1, -0.05) is 29.8 Å². The minimum absolute atomic E-state index is 0.263. The van der Waals surface area contributed by atoms with Crippen molar-refractivity contribution in [1.82, 2.24) is 0 Å². The molecule has 0 bridgehead atoms. The molecule has 2 N–H and O–H groups in total. The van der Waals surface area contributed by atoms with E-state index in [1.807, 2.05) is 0 Å². The number of benzene rings is 2. The van der Waals surface area contributed by atoms with Crippen molar-refractivity contribution in [2.24, 2.45) is 0 Å². The Morgan fingerprint density at radius 2 is 1.90 bits per heavy atom. The van der Waals surface area contributed by atoms with Crippen molar-refractivity contribution in [1.29, 1.82) is 0 Å². The predicted molar refractivity (Wildman–Crippen MR) is 83.6 cm³/mol. The molecular formula is C14H14ClFN2O2S. The summed E-state index contributed by atoms with van der Waals surface area (Å²) in [6.07, 6.45) is 1.05. The Morgan fingerprint density at radius 1 is 1.19 bits per heavy atom. The minimum Gasteiger partial charge on any atom is -0.381 e. The first-order chi connectivity index (χ1) is 9.85. The average molecular weight is 329 g/mol. The van der Waals surface area contributed by atoms with Crippen LogP contribution in [0.2, 0.25) is 5.02 Å². The zero-order chi connectivity index (χ0) is 15.5. The van der Waals surface area contributed by atoms with E-state index in [2.05, 4.69) is 10.0 Å². The van der Waals surface area contributed by atoms with Gasteiger partial charge in [-0.25, -0.2) is 12.8 Å². The lowest BCUT2D eigenvalue weighted by Crippen LogP contribution is -2.10. The van der Waals surface area contributed by atoms with E-state index in [4.69, 9.17) is 11.6 Å². The monoisotopic (exact) mass is 328 g/mol. The first kappa shape index (κ1) is 15.6. The molecule has 0 aliphatic heterocycles. The fraction of sp³-hybridized carbons (Fsp3) is 0.143. The van der Waals surface area contributed by atoms with Crippen LogP contribution in [0.25, 0.3) is 0 Å². The van der Waals surface area contributed by atoms with Gasteiger partial charge in [0, 0.05) is 17.8 Å². The van der Waals surface area contributed by atoms with E-state index in [0.29, 0.717) is 23.5 Å². The van der Waals surface area contributed by atoms with Crippen LogP contribution in [0.15, 0.2) is 42.5 Å². The lowest BCUT2D eigenvalue weighted by atomic mass is 10.2. The Morgan fingerprint density at radius 3 is 2.52 bits per heavy atom. The van der Waals surface area contributed by atoms with E-state index in [1.165, 1.54) is 6.07 Å². The highest BCUT2D eigenvalue weighted by atomic mass is 35.5. The number of rotatable bonds is 5. The molecule has 0 aliphatic carbocycles. The maximum atomic E-state index is 13.5. The van der Waals surface area contributed by atoms with Gasteiger partial charge in [-0.05, 0) is 24.3 Å². The third kappa shape index (κ3) is 4.61. The van der Waals surface area contributed by atoms with Crippen molar-refractivity contribution < 1.29 is 12.8 Å². The Labute approximate surface area is 128 Å². The van der Waals surface area contributed by atoms with Gasteiger partial charge in [0.25, 0.3) is 0 Å². The smallest absolute Gasteiger partial charge is 0.229 e. The van der Waals surface area contributed by atoms with Crippen LogP contribution in [0, 0.1) is 5.82 Å². The van der Waals surface area contributed by atoms with Crippen LogP contribution in [0.3, 0.4) is 0 Å². The fourth-order valence-corrected chi connectivity index (χ4v) is 2.61. The molecule has 0 unspecified atom stereocenters. The number of anilines is 2. The number of hydrogen-bond donors (Lipinski definition) is 2. The summed E-state index contributed by atoms with van der Waals surface area (Å²) < 4.78 is 38.1. The van der Waals surface area contributed by atoms with E-state index < -0.39 is 10.0 Å². The van der Waals surface area contributed by atoms with Gasteiger partial charge in [0.2, 0.25) is 10.0 Å². The van der Waals surface area contributed by atoms with Crippen molar-refractivity contribution in [3.63, 3.8) is 0 Å². The highest BCUT2D eigenvalue weighted by Gasteiger charge is 2.07. The SMILES string of the molecule is CS(=O)(=O)Nc1ccc(NCc2ccccc2F)cc1Cl. The van der Waals surface area contributed by atoms with Crippen LogP contribution in [0.4, 0.5) is 15.8 Å². The van der Waals surface area contributed by atoms with E-state index >= 15 is 0 Å². The van der Waals surface area contributed by atoms with Crippen LogP contribution in [0.1, 0.15) is 5.56 Å². The Balaban J connectivity index is 2.09. The van der Waals surface area contributed by atoms with Crippen LogP contribution in [0.5, 0.6) is 0 Å². The standard InChI is InChI=1S/C14H14ClFN2O2S/c1-21(19,20)18-14-7-6-11(8-12(14)15)17-9-10-4-2-3-5-13(10)16/h2-8,17-18H,9H2,1H3. The summed E-state index contributed by atoms with van der Waals surface area (Å²) in [5, 5.41) is 3.29. The molecular weight excluding hydrogens is 315 g/mol. The molecule has 112 valence electrons. The summed E-state index contributed by atoms with van der Waals surface area (Å²) in [5.74, 6) is -0.286. The molecule has 0 aliphatic rings. The first-order valence-corrected chi connectivity index (χ1v) is 8.37. The first-order valence-electron chi connectivity index (χ1n) is 6.10. The maximum absolute atomic E-state index is 13.5. The fourth-order valence-electron chi connectivity index (χ4n) is 1.75. The van der Waals surface area contributed by atoms with Crippen molar-refractivity contribution in [3.05, 3.63) is 58.9 Å². The molecule has 4 nitrogen and oxygen atoms in total. The quantitative estimate of drug-likeness (QED) is 0.883. The van der Waals surface area contributed by atoms with E-state index in [1.54, 1.807) is 36.4 Å². The van der Waals surface area contributed by atoms with Gasteiger partial charge in [0.15, 0.2) is 0 Å². The molecule has 2 aromatic carbocycles. The number of halogens is 2. The second kappa shape index (κ2) is 6.32. The summed E-state index contributed by atoms with van der Waals surface area (Å²) in [6.45, 7) is 0.307. The third-order valence-corrected chi connectivity index (χ3v) is 3.61. The van der Waals surface area contributed by atoms with Gasteiger partial charge in [-0.2, -0.15) is 0 Å². The molecule has 0 radical (unpaired) electrons. The summed E-state index contributed by atoms with van der Waals surface area (Å²) in [6, 6.07) is 11.3. The van der Waals surface area contributed by atoms with Crippen LogP contribution < -0.4 is 10.0 Å². The minimum atomic E-state index is -3.38. The molecule has 0 spiro atoms. The third-order valence-electron chi connectivity index (χ3n) is 2.71. The van der Waals surface area contributed by atoms with Crippen molar-refractivity contribution in [2.75, 3.05) is 16.3 Å². The molecule has 0 atom stereocenters. The molecule has 0 fully saturated rings. The van der Waals surface area contributed by atoms with Gasteiger partial charge in [-0.3, -0.25) is 4.72 Å². The highest BCUT2D eigenvalue weighted by Crippen LogP contribution is 2.26. The van der Waals surface area contributed by atoms with E-state index in [9.17, 15) is 12.8 Å². The molecule has 2 rings (SSSR count). The molecule has 0 heterocycles. The Hall–Kier alpha value is -1.79. The van der Waals surface area contributed by atoms with Gasteiger partial charge >= 0.3 is 0 Å². The topological polar surface area (TPSA) is 58.2 Å². The molecule has 0 amide bonds. The zero-order valence-electron chi connectivity index (χ0n) is 11.2. The second-order valence-corrected chi connectivity index (χ2v) is 6.67. The normalized spacial score (nSPS) is 11.2. The van der Waals surface area contributed by atoms with Gasteiger partial charge in [-0.15, -0.1) is 0 Å². The van der Waals surface area contributed by atoms with Crippen molar-refractivity contribution in [3.8, 4) is 0 Å². The van der Waals surface area contributed by atoms with Crippen LogP contribution >= 0.6 is 11.6 Å². The van der Waals surface area contributed by atoms with E-state index in [-0.39, 0.29) is 10.8 Å². The van der Waals surface area contributed by atoms with Gasteiger partial charge in [0.1, 0.15) is 5.82 Å². The zero-order valence-corrected chi connectivity index (χ0v) is 12.8. The summed E-state index contributed by atoms with van der Waals surface area (Å²) in [4.78, 5) is 0. The van der Waals surface area contributed by atoms with Crippen molar-refractivity contribution >= 4 is 33.0 Å². The van der Waals surface area contributed by atoms with E-state index in [0.717, 1.165) is 6.26 Å². The summed E-state index contributed by atoms with van der Waals surface area (Å²) >= 11 is 6.01.